The van der Waals surface area contributed by atoms with Crippen LogP contribution in [0.4, 0.5) is 0 Å². The molecule has 4 heterocycles. The van der Waals surface area contributed by atoms with Crippen molar-refractivity contribution in [2.24, 2.45) is 0 Å². The van der Waals surface area contributed by atoms with Crippen molar-refractivity contribution >= 4 is 5.65 Å². The lowest BCUT2D eigenvalue weighted by Crippen LogP contribution is -2.32. The van der Waals surface area contributed by atoms with Gasteiger partial charge in [-0.1, -0.05) is 49.3 Å². The molecule has 154 valence electrons. The van der Waals surface area contributed by atoms with Crippen molar-refractivity contribution in [3.63, 3.8) is 0 Å². The maximum absolute atomic E-state index is 5.50. The Morgan fingerprint density at radius 3 is 2.63 bits per heavy atom. The van der Waals surface area contributed by atoms with E-state index in [-0.39, 0.29) is 0 Å². The van der Waals surface area contributed by atoms with E-state index in [1.54, 1.807) is 0 Å². The van der Waals surface area contributed by atoms with Crippen LogP contribution in [0, 0.1) is 0 Å². The second-order valence-electron chi connectivity index (χ2n) is 8.35. The summed E-state index contributed by atoms with van der Waals surface area (Å²) in [5.74, 6) is 2.27. The zero-order valence-electron chi connectivity index (χ0n) is 17.4. The molecule has 0 bridgehead atoms. The van der Waals surface area contributed by atoms with Gasteiger partial charge in [-0.2, -0.15) is 10.1 Å². The molecule has 0 saturated carbocycles. The third-order valence-corrected chi connectivity index (χ3v) is 5.81. The number of nitrogens with zero attached hydrogens (tertiary/aromatic N) is 6. The van der Waals surface area contributed by atoms with Gasteiger partial charge in [0, 0.05) is 41.9 Å². The van der Waals surface area contributed by atoms with E-state index in [1.807, 2.05) is 35.1 Å². The number of benzene rings is 1. The molecule has 7 heteroatoms. The average molecular weight is 403 g/mol. The molecule has 1 aliphatic rings. The largest absolute Gasteiger partial charge is 0.339 e. The van der Waals surface area contributed by atoms with Crippen LogP contribution in [0.3, 0.4) is 0 Å². The predicted molar refractivity (Wildman–Crippen MR) is 114 cm³/mol. The molecule has 1 aliphatic heterocycles. The molecule has 1 aromatic carbocycles. The summed E-state index contributed by atoms with van der Waals surface area (Å²) in [6.07, 6.45) is 8.03. The van der Waals surface area contributed by atoms with Crippen LogP contribution in [0.25, 0.3) is 16.8 Å². The highest BCUT2D eigenvalue weighted by molar-refractivity contribution is 5.76. The summed E-state index contributed by atoms with van der Waals surface area (Å²) in [5.41, 5.74) is 4.25. The molecule has 3 aromatic heterocycles. The number of rotatable bonds is 5. The van der Waals surface area contributed by atoms with Gasteiger partial charge in [-0.25, -0.2) is 9.50 Å². The van der Waals surface area contributed by atoms with E-state index in [4.69, 9.17) is 9.51 Å². The van der Waals surface area contributed by atoms with Gasteiger partial charge >= 0.3 is 0 Å². The highest BCUT2D eigenvalue weighted by atomic mass is 16.5. The van der Waals surface area contributed by atoms with Crippen LogP contribution >= 0.6 is 0 Å². The third kappa shape index (κ3) is 3.73. The van der Waals surface area contributed by atoms with Crippen molar-refractivity contribution in [1.29, 1.82) is 0 Å². The Morgan fingerprint density at radius 2 is 1.90 bits per heavy atom. The molecular weight excluding hydrogens is 376 g/mol. The van der Waals surface area contributed by atoms with Crippen molar-refractivity contribution in [3.8, 4) is 11.1 Å². The number of likely N-dealkylation sites (tertiary alicyclic amines) is 1. The van der Waals surface area contributed by atoms with Crippen LogP contribution in [0.15, 0.2) is 53.4 Å². The number of aromatic nitrogens is 5. The van der Waals surface area contributed by atoms with Gasteiger partial charge in [0.05, 0.1) is 6.20 Å². The van der Waals surface area contributed by atoms with E-state index in [2.05, 4.69) is 52.3 Å². The van der Waals surface area contributed by atoms with Gasteiger partial charge < -0.3 is 4.52 Å². The van der Waals surface area contributed by atoms with E-state index in [9.17, 15) is 0 Å². The van der Waals surface area contributed by atoms with Crippen LogP contribution in [0.1, 0.15) is 55.8 Å². The fourth-order valence-corrected chi connectivity index (χ4v) is 4.06. The number of fused-ring (bicyclic) bond motifs is 1. The molecule has 0 N–H and O–H groups in total. The summed E-state index contributed by atoms with van der Waals surface area (Å²) in [4.78, 5) is 11.8. The first-order valence-corrected chi connectivity index (χ1v) is 10.6. The normalized spacial score (nSPS) is 16.0. The number of piperidine rings is 1. The fourth-order valence-electron chi connectivity index (χ4n) is 4.06. The van der Waals surface area contributed by atoms with E-state index in [0.29, 0.717) is 11.8 Å². The maximum Gasteiger partial charge on any atom is 0.229 e. The Hall–Kier alpha value is -3.06. The second kappa shape index (κ2) is 7.99. The minimum Gasteiger partial charge on any atom is -0.339 e. The molecule has 30 heavy (non-hydrogen) atoms. The Kier molecular flexibility index (Phi) is 5.04. The lowest BCUT2D eigenvalue weighted by atomic mass is 9.96. The van der Waals surface area contributed by atoms with E-state index in [1.165, 1.54) is 5.56 Å². The van der Waals surface area contributed by atoms with Crippen LogP contribution < -0.4 is 0 Å². The zero-order chi connectivity index (χ0) is 20.5. The van der Waals surface area contributed by atoms with Crippen molar-refractivity contribution in [3.05, 3.63) is 66.2 Å². The molecule has 4 aromatic rings. The number of hydrogen-bond acceptors (Lipinski definition) is 6. The van der Waals surface area contributed by atoms with Crippen molar-refractivity contribution in [2.75, 3.05) is 13.1 Å². The Balaban J connectivity index is 1.24. The molecule has 0 atom stereocenters. The Labute approximate surface area is 175 Å². The molecule has 0 unspecified atom stereocenters. The van der Waals surface area contributed by atoms with Gasteiger partial charge in [-0.15, -0.1) is 0 Å². The molecule has 5 rings (SSSR count). The molecule has 0 aliphatic carbocycles. The van der Waals surface area contributed by atoms with Gasteiger partial charge in [0.25, 0.3) is 0 Å². The summed E-state index contributed by atoms with van der Waals surface area (Å²) in [5, 5.41) is 8.64. The van der Waals surface area contributed by atoms with Gasteiger partial charge in [0.2, 0.25) is 5.89 Å². The minimum atomic E-state index is 0.301. The molecule has 0 amide bonds. The average Bonchev–Trinajstić information content (AvgIpc) is 3.42. The standard InChI is InChI=1S/C23H26N6O/c1-16(2)21-26-23(30-27-21)19-8-10-28(11-9-19)14-17-12-24-22-20(13-25-29(22)15-17)18-6-4-3-5-7-18/h3-7,12-13,15-16,19H,8-11,14H2,1-2H3. The Morgan fingerprint density at radius 1 is 1.10 bits per heavy atom. The van der Waals surface area contributed by atoms with E-state index >= 15 is 0 Å². The van der Waals surface area contributed by atoms with Crippen LogP contribution in [0.2, 0.25) is 0 Å². The molecule has 1 saturated heterocycles. The first-order chi connectivity index (χ1) is 14.7. The quantitative estimate of drug-likeness (QED) is 0.496. The zero-order valence-corrected chi connectivity index (χ0v) is 17.4. The predicted octanol–water partition coefficient (Wildman–Crippen LogP) is 4.28. The van der Waals surface area contributed by atoms with Gasteiger partial charge in [-0.05, 0) is 31.5 Å². The van der Waals surface area contributed by atoms with Crippen molar-refractivity contribution < 1.29 is 4.52 Å². The second-order valence-corrected chi connectivity index (χ2v) is 8.35. The topological polar surface area (TPSA) is 72.4 Å². The molecule has 0 spiro atoms. The van der Waals surface area contributed by atoms with Gasteiger partial charge in [-0.3, -0.25) is 4.90 Å². The van der Waals surface area contributed by atoms with Crippen molar-refractivity contribution in [2.45, 2.75) is 45.1 Å². The van der Waals surface area contributed by atoms with E-state index < -0.39 is 0 Å². The maximum atomic E-state index is 5.50. The summed E-state index contributed by atoms with van der Waals surface area (Å²) >= 11 is 0. The SMILES string of the molecule is CC(C)c1noc(C2CCN(Cc3cnc4c(-c5ccccc5)cnn4c3)CC2)n1. The van der Waals surface area contributed by atoms with Crippen LogP contribution in [-0.2, 0) is 6.54 Å². The summed E-state index contributed by atoms with van der Waals surface area (Å²) in [6.45, 7) is 7.07. The summed E-state index contributed by atoms with van der Waals surface area (Å²) < 4.78 is 7.39. The highest BCUT2D eigenvalue weighted by Crippen LogP contribution is 2.29. The lowest BCUT2D eigenvalue weighted by molar-refractivity contribution is 0.187. The first kappa shape index (κ1) is 18.9. The van der Waals surface area contributed by atoms with Crippen LogP contribution in [0.5, 0.6) is 0 Å². The highest BCUT2D eigenvalue weighted by Gasteiger charge is 2.25. The van der Waals surface area contributed by atoms with Gasteiger partial charge in [0.15, 0.2) is 11.5 Å². The first-order valence-electron chi connectivity index (χ1n) is 10.6. The Bertz CT molecular complexity index is 1130. The van der Waals surface area contributed by atoms with Crippen LogP contribution in [-0.4, -0.2) is 42.7 Å². The number of hydrogen-bond donors (Lipinski definition) is 0. The molecular formula is C23H26N6O. The molecule has 1 fully saturated rings. The van der Waals surface area contributed by atoms with Gasteiger partial charge in [0.1, 0.15) is 0 Å². The minimum absolute atomic E-state index is 0.301. The lowest BCUT2D eigenvalue weighted by Gasteiger charge is -2.30. The third-order valence-electron chi connectivity index (χ3n) is 5.81. The smallest absolute Gasteiger partial charge is 0.229 e. The fraction of sp³-hybridized carbons (Fsp3) is 0.391. The molecule has 7 nitrogen and oxygen atoms in total. The summed E-state index contributed by atoms with van der Waals surface area (Å²) in [7, 11) is 0. The summed E-state index contributed by atoms with van der Waals surface area (Å²) in [6, 6.07) is 10.3. The van der Waals surface area contributed by atoms with Crippen molar-refractivity contribution in [1.82, 2.24) is 29.6 Å². The van der Waals surface area contributed by atoms with E-state index in [0.717, 1.165) is 61.0 Å². The monoisotopic (exact) mass is 402 g/mol. The molecule has 0 radical (unpaired) electrons.